The van der Waals surface area contributed by atoms with Gasteiger partial charge in [0.15, 0.2) is 5.84 Å². The van der Waals surface area contributed by atoms with E-state index in [4.69, 9.17) is 10.9 Å². The molecule has 0 saturated carbocycles. The van der Waals surface area contributed by atoms with Crippen molar-refractivity contribution in [1.82, 2.24) is 14.3 Å². The molecule has 2 heterocycles. The van der Waals surface area contributed by atoms with Gasteiger partial charge in [0.2, 0.25) is 0 Å². The molecule has 3 aromatic rings. The van der Waals surface area contributed by atoms with E-state index in [0.717, 1.165) is 29.6 Å². The lowest BCUT2D eigenvalue weighted by Crippen LogP contribution is -2.12. The van der Waals surface area contributed by atoms with Gasteiger partial charge in [-0.05, 0) is 31.2 Å². The minimum Gasteiger partial charge on any atom is -0.409 e. The third-order valence-corrected chi connectivity index (χ3v) is 3.54. The second kappa shape index (κ2) is 5.32. The number of hydrogen-bond donors (Lipinski definition) is 2. The summed E-state index contributed by atoms with van der Waals surface area (Å²) in [5, 5.41) is 17.1. The maximum absolute atomic E-state index is 8.73. The summed E-state index contributed by atoms with van der Waals surface area (Å²) >= 11 is 0. The van der Waals surface area contributed by atoms with E-state index >= 15 is 0 Å². The first-order valence-electron chi connectivity index (χ1n) is 6.79. The Morgan fingerprint density at radius 2 is 2.24 bits per heavy atom. The second-order valence-corrected chi connectivity index (χ2v) is 4.91. The van der Waals surface area contributed by atoms with Gasteiger partial charge in [0, 0.05) is 41.0 Å². The number of aromatic nitrogens is 3. The Kier molecular flexibility index (Phi) is 3.35. The number of aryl methyl sites for hydroxylation is 1. The number of benzene rings is 1. The minimum absolute atomic E-state index is 0.119. The third-order valence-electron chi connectivity index (χ3n) is 3.54. The molecule has 6 heteroatoms. The summed E-state index contributed by atoms with van der Waals surface area (Å²) in [6, 6.07) is 7.76. The molecule has 0 bridgehead atoms. The van der Waals surface area contributed by atoms with E-state index in [0.29, 0.717) is 5.56 Å². The van der Waals surface area contributed by atoms with Crippen LogP contribution in [0.3, 0.4) is 0 Å². The van der Waals surface area contributed by atoms with Crippen molar-refractivity contribution >= 4 is 16.7 Å². The first kappa shape index (κ1) is 13.2. The predicted octanol–water partition coefficient (Wildman–Crippen LogP) is 2.00. The van der Waals surface area contributed by atoms with Gasteiger partial charge in [0.05, 0.1) is 12.7 Å². The number of nitrogens with zero attached hydrogens (tertiary/aromatic N) is 4. The van der Waals surface area contributed by atoms with Gasteiger partial charge >= 0.3 is 0 Å². The van der Waals surface area contributed by atoms with E-state index in [-0.39, 0.29) is 5.84 Å². The van der Waals surface area contributed by atoms with Crippen LogP contribution < -0.4 is 5.73 Å². The highest BCUT2D eigenvalue weighted by Gasteiger charge is 2.06. The summed E-state index contributed by atoms with van der Waals surface area (Å²) < 4.78 is 4.07. The lowest BCUT2D eigenvalue weighted by Gasteiger charge is -2.04. The number of nitrogens with two attached hydrogens (primary N) is 1. The molecular weight excluding hydrogens is 266 g/mol. The average Bonchev–Trinajstić information content (AvgIpc) is 3.13. The van der Waals surface area contributed by atoms with Crippen molar-refractivity contribution in [3.8, 4) is 0 Å². The van der Waals surface area contributed by atoms with Crippen LogP contribution in [0.25, 0.3) is 10.9 Å². The lowest BCUT2D eigenvalue weighted by molar-refractivity contribution is 0.318. The van der Waals surface area contributed by atoms with Crippen LogP contribution in [-0.2, 0) is 13.1 Å². The monoisotopic (exact) mass is 283 g/mol. The summed E-state index contributed by atoms with van der Waals surface area (Å²) in [5.41, 5.74) is 8.59. The Labute approximate surface area is 122 Å². The standard InChI is InChI=1S/C15H17N5O/c1-2-20-10-11(8-17-20)9-19-6-5-12-7-13(15(16)18-21)3-4-14(12)19/h3-8,10,21H,2,9H2,1H3,(H2,16,18). The maximum atomic E-state index is 8.73. The van der Waals surface area contributed by atoms with Crippen LogP contribution in [0.5, 0.6) is 0 Å². The fourth-order valence-electron chi connectivity index (χ4n) is 2.41. The molecule has 0 aliphatic carbocycles. The van der Waals surface area contributed by atoms with Crippen LogP contribution in [0, 0.1) is 0 Å². The average molecular weight is 283 g/mol. The highest BCUT2D eigenvalue weighted by Crippen LogP contribution is 2.19. The molecule has 0 amide bonds. The van der Waals surface area contributed by atoms with Gasteiger partial charge in [-0.15, -0.1) is 0 Å². The molecule has 0 aliphatic rings. The number of amidine groups is 1. The van der Waals surface area contributed by atoms with Crippen molar-refractivity contribution in [2.45, 2.75) is 20.0 Å². The summed E-state index contributed by atoms with van der Waals surface area (Å²) in [6.45, 7) is 3.71. The molecule has 108 valence electrons. The Hall–Kier alpha value is -2.76. The molecule has 1 aromatic carbocycles. The van der Waals surface area contributed by atoms with E-state index < -0.39 is 0 Å². The number of oxime groups is 1. The lowest BCUT2D eigenvalue weighted by atomic mass is 10.1. The van der Waals surface area contributed by atoms with Crippen LogP contribution in [-0.4, -0.2) is 25.4 Å². The zero-order valence-electron chi connectivity index (χ0n) is 11.8. The molecular formula is C15H17N5O. The highest BCUT2D eigenvalue weighted by molar-refractivity contribution is 6.00. The van der Waals surface area contributed by atoms with Crippen molar-refractivity contribution in [3.63, 3.8) is 0 Å². The first-order valence-corrected chi connectivity index (χ1v) is 6.79. The second-order valence-electron chi connectivity index (χ2n) is 4.91. The normalized spacial score (nSPS) is 12.1. The van der Waals surface area contributed by atoms with Gasteiger partial charge in [0.25, 0.3) is 0 Å². The van der Waals surface area contributed by atoms with Crippen LogP contribution in [0.15, 0.2) is 48.0 Å². The Balaban J connectivity index is 1.93. The largest absolute Gasteiger partial charge is 0.409 e. The Morgan fingerprint density at radius 3 is 2.95 bits per heavy atom. The fraction of sp³-hybridized carbons (Fsp3) is 0.200. The SMILES string of the molecule is CCn1cc(Cn2ccc3cc(/C(N)=N/O)ccc32)cn1. The van der Waals surface area contributed by atoms with Gasteiger partial charge in [0.1, 0.15) is 0 Å². The predicted molar refractivity (Wildman–Crippen MR) is 81.5 cm³/mol. The number of rotatable bonds is 4. The van der Waals surface area contributed by atoms with Gasteiger partial charge in [-0.25, -0.2) is 0 Å². The fourth-order valence-corrected chi connectivity index (χ4v) is 2.41. The zero-order valence-corrected chi connectivity index (χ0v) is 11.8. The van der Waals surface area contributed by atoms with E-state index in [2.05, 4.69) is 27.9 Å². The van der Waals surface area contributed by atoms with Crippen LogP contribution >= 0.6 is 0 Å². The summed E-state index contributed by atoms with van der Waals surface area (Å²) in [5.74, 6) is 0.119. The first-order chi connectivity index (χ1) is 10.2. The van der Waals surface area contributed by atoms with Gasteiger partial charge < -0.3 is 15.5 Å². The van der Waals surface area contributed by atoms with E-state index in [1.54, 1.807) is 0 Å². The molecule has 0 aliphatic heterocycles. The molecule has 0 atom stereocenters. The maximum Gasteiger partial charge on any atom is 0.170 e. The molecule has 0 spiro atoms. The number of fused-ring (bicyclic) bond motifs is 1. The summed E-state index contributed by atoms with van der Waals surface area (Å²) in [7, 11) is 0. The highest BCUT2D eigenvalue weighted by atomic mass is 16.4. The van der Waals surface area contributed by atoms with Gasteiger partial charge in [-0.2, -0.15) is 5.10 Å². The topological polar surface area (TPSA) is 81.4 Å². The quantitative estimate of drug-likeness (QED) is 0.332. The molecule has 0 radical (unpaired) electrons. The summed E-state index contributed by atoms with van der Waals surface area (Å²) in [6.07, 6.45) is 5.97. The molecule has 21 heavy (non-hydrogen) atoms. The van der Waals surface area contributed by atoms with Crippen molar-refractivity contribution in [2.75, 3.05) is 0 Å². The minimum atomic E-state index is 0.119. The van der Waals surface area contributed by atoms with E-state index in [9.17, 15) is 0 Å². The smallest absolute Gasteiger partial charge is 0.170 e. The summed E-state index contributed by atoms with van der Waals surface area (Å²) in [4.78, 5) is 0. The molecule has 0 fully saturated rings. The van der Waals surface area contributed by atoms with Crippen molar-refractivity contribution in [3.05, 3.63) is 54.0 Å². The third kappa shape index (κ3) is 2.47. The van der Waals surface area contributed by atoms with Crippen molar-refractivity contribution in [2.24, 2.45) is 10.9 Å². The Bertz CT molecular complexity index is 799. The van der Waals surface area contributed by atoms with E-state index in [1.165, 1.54) is 0 Å². The van der Waals surface area contributed by atoms with Crippen LogP contribution in [0.1, 0.15) is 18.1 Å². The van der Waals surface area contributed by atoms with Crippen molar-refractivity contribution < 1.29 is 5.21 Å². The molecule has 0 unspecified atom stereocenters. The van der Waals surface area contributed by atoms with Crippen LogP contribution in [0.4, 0.5) is 0 Å². The molecule has 2 aromatic heterocycles. The molecule has 3 rings (SSSR count). The van der Waals surface area contributed by atoms with Crippen molar-refractivity contribution in [1.29, 1.82) is 0 Å². The van der Waals surface area contributed by atoms with Gasteiger partial charge in [-0.1, -0.05) is 5.16 Å². The van der Waals surface area contributed by atoms with Gasteiger partial charge in [-0.3, -0.25) is 4.68 Å². The number of hydrogen-bond acceptors (Lipinski definition) is 3. The molecule has 3 N–H and O–H groups in total. The van der Waals surface area contributed by atoms with Crippen LogP contribution in [0.2, 0.25) is 0 Å². The molecule has 6 nitrogen and oxygen atoms in total. The van der Waals surface area contributed by atoms with E-state index in [1.807, 2.05) is 41.3 Å². The Morgan fingerprint density at radius 1 is 1.38 bits per heavy atom. The molecule has 0 saturated heterocycles. The zero-order chi connectivity index (χ0) is 14.8.